The Hall–Kier alpha value is -1.50. The summed E-state index contributed by atoms with van der Waals surface area (Å²) in [6.45, 7) is 0. The van der Waals surface area contributed by atoms with Crippen molar-refractivity contribution in [2.75, 3.05) is 5.43 Å². The number of amides is 1. The molecule has 1 saturated carbocycles. The van der Waals surface area contributed by atoms with Crippen molar-refractivity contribution in [2.45, 2.75) is 31.6 Å². The maximum Gasteiger partial charge on any atom is 0.248 e. The summed E-state index contributed by atoms with van der Waals surface area (Å²) in [5.74, 6) is -3.17. The lowest BCUT2D eigenvalue weighted by Gasteiger charge is -2.27. The lowest BCUT2D eigenvalue weighted by molar-refractivity contribution is -0.128. The highest BCUT2D eigenvalue weighted by atomic mass is 35.5. The molecule has 0 radical (unpaired) electrons. The van der Waals surface area contributed by atoms with Gasteiger partial charge in [-0.2, -0.15) is 0 Å². The molecule has 1 fully saturated rings. The molecule has 0 bridgehead atoms. The minimum absolute atomic E-state index is 0.123. The summed E-state index contributed by atoms with van der Waals surface area (Å²) >= 11 is 5.74. The van der Waals surface area contributed by atoms with Crippen molar-refractivity contribution in [3.8, 4) is 0 Å². The van der Waals surface area contributed by atoms with Crippen LogP contribution in [0.15, 0.2) is 12.4 Å². The molecule has 1 heterocycles. The number of rotatable bonds is 3. The van der Waals surface area contributed by atoms with Gasteiger partial charge in [0.25, 0.3) is 0 Å². The van der Waals surface area contributed by atoms with Gasteiger partial charge in [-0.3, -0.25) is 15.6 Å². The van der Waals surface area contributed by atoms with Crippen molar-refractivity contribution in [3.63, 3.8) is 0 Å². The lowest BCUT2D eigenvalue weighted by Crippen LogP contribution is -2.38. The van der Waals surface area contributed by atoms with Crippen LogP contribution in [-0.2, 0) is 4.79 Å². The Morgan fingerprint density at radius 3 is 2.58 bits per heavy atom. The van der Waals surface area contributed by atoms with E-state index in [-0.39, 0.29) is 42.6 Å². The first-order valence-corrected chi connectivity index (χ1v) is 6.26. The first kappa shape index (κ1) is 13.9. The van der Waals surface area contributed by atoms with E-state index in [0.29, 0.717) is 0 Å². The molecule has 0 aliphatic heterocycles. The number of hydrazine groups is 1. The highest BCUT2D eigenvalue weighted by Gasteiger charge is 2.37. The second-order valence-corrected chi connectivity index (χ2v) is 4.80. The van der Waals surface area contributed by atoms with Crippen LogP contribution in [0.2, 0.25) is 5.15 Å². The molecule has 8 heteroatoms. The van der Waals surface area contributed by atoms with Crippen LogP contribution < -0.4 is 10.9 Å². The summed E-state index contributed by atoms with van der Waals surface area (Å²) in [7, 11) is 0. The van der Waals surface area contributed by atoms with E-state index in [1.807, 2.05) is 0 Å². The summed E-state index contributed by atoms with van der Waals surface area (Å²) < 4.78 is 25.9. The molecule has 1 amide bonds. The van der Waals surface area contributed by atoms with Crippen LogP contribution in [0.5, 0.6) is 0 Å². The monoisotopic (exact) mass is 290 g/mol. The molecule has 5 nitrogen and oxygen atoms in total. The van der Waals surface area contributed by atoms with Crippen LogP contribution in [0.1, 0.15) is 25.7 Å². The predicted octanol–water partition coefficient (Wildman–Crippen LogP) is 2.40. The molecule has 1 aromatic heterocycles. The molecule has 1 aliphatic rings. The number of carbonyl (C=O) groups excluding carboxylic acids is 1. The van der Waals surface area contributed by atoms with Crippen molar-refractivity contribution >= 4 is 23.3 Å². The minimum Gasteiger partial charge on any atom is -0.279 e. The molecule has 1 aromatic rings. The Morgan fingerprint density at radius 2 is 1.95 bits per heavy atom. The number of aromatic nitrogens is 2. The maximum atomic E-state index is 13.0. The molecule has 0 unspecified atom stereocenters. The third-order valence-electron chi connectivity index (χ3n) is 3.05. The van der Waals surface area contributed by atoms with Gasteiger partial charge in [-0.15, -0.1) is 0 Å². The Labute approximate surface area is 113 Å². The molecule has 2 N–H and O–H groups in total. The van der Waals surface area contributed by atoms with E-state index in [2.05, 4.69) is 20.8 Å². The summed E-state index contributed by atoms with van der Waals surface area (Å²) in [6.07, 6.45) is 2.68. The third kappa shape index (κ3) is 3.73. The molecule has 19 heavy (non-hydrogen) atoms. The third-order valence-corrected chi connectivity index (χ3v) is 3.32. The second-order valence-electron chi connectivity index (χ2n) is 4.44. The van der Waals surface area contributed by atoms with Gasteiger partial charge in [0.1, 0.15) is 0 Å². The quantitative estimate of drug-likeness (QED) is 0.839. The Morgan fingerprint density at radius 1 is 1.32 bits per heavy atom. The highest BCUT2D eigenvalue weighted by Crippen LogP contribution is 2.36. The van der Waals surface area contributed by atoms with Gasteiger partial charge in [0.2, 0.25) is 11.8 Å². The standard InChI is InChI=1S/C11H13ClF2N4O/c12-8-9(16-6-5-15-8)17-18-10(19)7-1-3-11(13,14)4-2-7/h5-7H,1-4H2,(H,16,17)(H,18,19). The van der Waals surface area contributed by atoms with Crippen LogP contribution in [0, 0.1) is 5.92 Å². The largest absolute Gasteiger partial charge is 0.279 e. The van der Waals surface area contributed by atoms with Gasteiger partial charge in [0.05, 0.1) is 0 Å². The number of anilines is 1. The summed E-state index contributed by atoms with van der Waals surface area (Å²) in [6, 6.07) is 0. The SMILES string of the molecule is O=C(NNc1nccnc1Cl)C1CCC(F)(F)CC1. The summed E-state index contributed by atoms with van der Waals surface area (Å²) in [4.78, 5) is 19.4. The number of hydrogen-bond donors (Lipinski definition) is 2. The lowest BCUT2D eigenvalue weighted by atomic mass is 9.86. The van der Waals surface area contributed by atoms with E-state index < -0.39 is 11.8 Å². The zero-order valence-electron chi connectivity index (χ0n) is 10.00. The van der Waals surface area contributed by atoms with Crippen LogP contribution in [0.3, 0.4) is 0 Å². The van der Waals surface area contributed by atoms with E-state index in [1.54, 1.807) is 0 Å². The molecular formula is C11H13ClF2N4O. The van der Waals surface area contributed by atoms with Gasteiger partial charge >= 0.3 is 0 Å². The fraction of sp³-hybridized carbons (Fsp3) is 0.545. The van der Waals surface area contributed by atoms with Crippen molar-refractivity contribution in [1.82, 2.24) is 15.4 Å². The number of carbonyl (C=O) groups is 1. The fourth-order valence-corrected chi connectivity index (χ4v) is 2.08. The Kier molecular flexibility index (Phi) is 4.14. The molecule has 0 saturated heterocycles. The van der Waals surface area contributed by atoms with E-state index in [9.17, 15) is 13.6 Å². The topological polar surface area (TPSA) is 66.9 Å². The van der Waals surface area contributed by atoms with Crippen molar-refractivity contribution in [1.29, 1.82) is 0 Å². The highest BCUT2D eigenvalue weighted by molar-refractivity contribution is 6.31. The fourth-order valence-electron chi connectivity index (χ4n) is 1.93. The van der Waals surface area contributed by atoms with Gasteiger partial charge in [0.15, 0.2) is 11.0 Å². The Balaban J connectivity index is 1.84. The zero-order valence-corrected chi connectivity index (χ0v) is 10.8. The number of nitrogens with one attached hydrogen (secondary N) is 2. The maximum absolute atomic E-state index is 13.0. The predicted molar refractivity (Wildman–Crippen MR) is 65.7 cm³/mol. The molecular weight excluding hydrogens is 278 g/mol. The van der Waals surface area contributed by atoms with Gasteiger partial charge in [-0.05, 0) is 12.8 Å². The van der Waals surface area contributed by atoms with Crippen LogP contribution >= 0.6 is 11.6 Å². The van der Waals surface area contributed by atoms with Gasteiger partial charge in [0, 0.05) is 31.2 Å². The van der Waals surface area contributed by atoms with E-state index >= 15 is 0 Å². The molecule has 2 rings (SSSR count). The van der Waals surface area contributed by atoms with E-state index in [0.717, 1.165) is 0 Å². The minimum atomic E-state index is -2.64. The van der Waals surface area contributed by atoms with E-state index in [4.69, 9.17) is 11.6 Å². The van der Waals surface area contributed by atoms with E-state index in [1.165, 1.54) is 12.4 Å². The van der Waals surface area contributed by atoms with Gasteiger partial charge in [-0.1, -0.05) is 11.6 Å². The molecule has 0 aromatic carbocycles. The molecule has 1 aliphatic carbocycles. The van der Waals surface area contributed by atoms with Gasteiger partial charge in [-0.25, -0.2) is 18.7 Å². The first-order chi connectivity index (χ1) is 8.98. The van der Waals surface area contributed by atoms with Crippen LogP contribution in [0.25, 0.3) is 0 Å². The average molecular weight is 291 g/mol. The number of alkyl halides is 2. The number of hydrogen-bond acceptors (Lipinski definition) is 4. The normalized spacial score (nSPS) is 18.9. The first-order valence-electron chi connectivity index (χ1n) is 5.88. The molecule has 0 spiro atoms. The van der Waals surface area contributed by atoms with Crippen molar-refractivity contribution < 1.29 is 13.6 Å². The van der Waals surface area contributed by atoms with Crippen LogP contribution in [-0.4, -0.2) is 21.8 Å². The Bertz CT molecular complexity index is 462. The van der Waals surface area contributed by atoms with Crippen molar-refractivity contribution in [3.05, 3.63) is 17.5 Å². The second kappa shape index (κ2) is 5.64. The smallest absolute Gasteiger partial charge is 0.248 e. The summed E-state index contributed by atoms with van der Waals surface area (Å²) in [5, 5.41) is 0.123. The number of nitrogens with zero attached hydrogens (tertiary/aromatic N) is 2. The summed E-state index contributed by atoms with van der Waals surface area (Å²) in [5.41, 5.74) is 4.95. The average Bonchev–Trinajstić information content (AvgIpc) is 2.37. The molecule has 104 valence electrons. The number of halogens is 3. The van der Waals surface area contributed by atoms with Gasteiger partial charge < -0.3 is 0 Å². The molecule has 0 atom stereocenters. The van der Waals surface area contributed by atoms with Crippen LogP contribution in [0.4, 0.5) is 14.6 Å². The zero-order chi connectivity index (χ0) is 13.9. The van der Waals surface area contributed by atoms with Crippen molar-refractivity contribution in [2.24, 2.45) is 5.92 Å².